The molecule has 1 aliphatic rings. The molecule has 1 aliphatic heterocycles. The van der Waals surface area contributed by atoms with Crippen LogP contribution < -0.4 is 4.89 Å². The van der Waals surface area contributed by atoms with Crippen molar-refractivity contribution in [1.82, 2.24) is 0 Å². The van der Waals surface area contributed by atoms with Crippen LogP contribution in [0.3, 0.4) is 0 Å². The van der Waals surface area contributed by atoms with Gasteiger partial charge in [0.05, 0.1) is 6.61 Å². The third kappa shape index (κ3) is 1.21. The minimum absolute atomic E-state index is 0.663. The van der Waals surface area contributed by atoms with Gasteiger partial charge in [0.15, 0.2) is 5.75 Å². The Morgan fingerprint density at radius 2 is 2.27 bits per heavy atom. The molecular formula is C9H10O2. The van der Waals surface area contributed by atoms with Crippen LogP contribution in [-0.4, -0.2) is 6.61 Å². The van der Waals surface area contributed by atoms with Crippen molar-refractivity contribution in [3.63, 3.8) is 0 Å². The Bertz CT molecular complexity index is 268. The van der Waals surface area contributed by atoms with Gasteiger partial charge < -0.3 is 4.89 Å². The average Bonchev–Trinajstić information content (AvgIpc) is 2.04. The van der Waals surface area contributed by atoms with Crippen LogP contribution in [0.25, 0.3) is 0 Å². The van der Waals surface area contributed by atoms with E-state index < -0.39 is 0 Å². The standard InChI is InChI=1S/C9H10O2/c1-7-2-3-9-8(6-7)4-5-10-11-9/h2-3,6H,4-5H2,1H3. The molecule has 0 bridgehead atoms. The fourth-order valence-corrected chi connectivity index (χ4v) is 1.24. The van der Waals surface area contributed by atoms with Gasteiger partial charge in [0.2, 0.25) is 0 Å². The molecule has 1 heterocycles. The predicted molar refractivity (Wildman–Crippen MR) is 41.5 cm³/mol. The normalized spacial score (nSPS) is 15.4. The zero-order chi connectivity index (χ0) is 7.68. The van der Waals surface area contributed by atoms with Crippen LogP contribution >= 0.6 is 0 Å². The summed E-state index contributed by atoms with van der Waals surface area (Å²) < 4.78 is 0. The lowest BCUT2D eigenvalue weighted by Crippen LogP contribution is -2.10. The number of fused-ring (bicyclic) bond motifs is 1. The molecule has 0 aliphatic carbocycles. The number of benzene rings is 1. The Morgan fingerprint density at radius 1 is 1.36 bits per heavy atom. The second kappa shape index (κ2) is 2.55. The first-order chi connectivity index (χ1) is 5.36. The van der Waals surface area contributed by atoms with Crippen LogP contribution in [0, 0.1) is 6.92 Å². The molecule has 11 heavy (non-hydrogen) atoms. The van der Waals surface area contributed by atoms with Gasteiger partial charge in [-0.1, -0.05) is 17.7 Å². The van der Waals surface area contributed by atoms with E-state index in [2.05, 4.69) is 13.0 Å². The zero-order valence-corrected chi connectivity index (χ0v) is 6.46. The third-order valence-electron chi connectivity index (χ3n) is 1.82. The van der Waals surface area contributed by atoms with Gasteiger partial charge in [0.1, 0.15) is 0 Å². The van der Waals surface area contributed by atoms with Gasteiger partial charge >= 0.3 is 0 Å². The molecule has 0 N–H and O–H groups in total. The maximum absolute atomic E-state index is 4.98. The van der Waals surface area contributed by atoms with Gasteiger partial charge in [0, 0.05) is 12.0 Å². The van der Waals surface area contributed by atoms with Crippen molar-refractivity contribution in [2.45, 2.75) is 13.3 Å². The lowest BCUT2D eigenvalue weighted by atomic mass is 10.1. The van der Waals surface area contributed by atoms with E-state index in [1.165, 1.54) is 11.1 Å². The third-order valence-corrected chi connectivity index (χ3v) is 1.82. The number of rotatable bonds is 0. The minimum Gasteiger partial charge on any atom is -0.337 e. The molecule has 0 unspecified atom stereocenters. The average molecular weight is 150 g/mol. The number of aryl methyl sites for hydroxylation is 1. The lowest BCUT2D eigenvalue weighted by Gasteiger charge is -2.15. The minimum atomic E-state index is 0.663. The summed E-state index contributed by atoms with van der Waals surface area (Å²) in [5, 5.41) is 0. The van der Waals surface area contributed by atoms with E-state index in [9.17, 15) is 0 Å². The second-order valence-electron chi connectivity index (χ2n) is 2.77. The summed E-state index contributed by atoms with van der Waals surface area (Å²) in [7, 11) is 0. The van der Waals surface area contributed by atoms with E-state index in [4.69, 9.17) is 9.78 Å². The topological polar surface area (TPSA) is 18.5 Å². The van der Waals surface area contributed by atoms with Crippen LogP contribution in [0.1, 0.15) is 11.1 Å². The predicted octanol–water partition coefficient (Wildman–Crippen LogP) is 1.86. The molecule has 0 fully saturated rings. The summed E-state index contributed by atoms with van der Waals surface area (Å²) in [6.07, 6.45) is 0.955. The first-order valence-corrected chi connectivity index (χ1v) is 3.75. The first kappa shape index (κ1) is 6.68. The highest BCUT2D eigenvalue weighted by Crippen LogP contribution is 2.23. The molecule has 0 radical (unpaired) electrons. The molecule has 0 atom stereocenters. The van der Waals surface area contributed by atoms with Crippen LogP contribution in [0.5, 0.6) is 5.75 Å². The fraction of sp³-hybridized carbons (Fsp3) is 0.333. The van der Waals surface area contributed by atoms with Crippen LogP contribution in [0.2, 0.25) is 0 Å². The highest BCUT2D eigenvalue weighted by atomic mass is 17.2. The summed E-state index contributed by atoms with van der Waals surface area (Å²) in [4.78, 5) is 9.81. The van der Waals surface area contributed by atoms with Crippen molar-refractivity contribution in [2.75, 3.05) is 6.61 Å². The van der Waals surface area contributed by atoms with Crippen LogP contribution in [-0.2, 0) is 11.3 Å². The molecule has 2 rings (SSSR count). The van der Waals surface area contributed by atoms with Crippen molar-refractivity contribution >= 4 is 0 Å². The van der Waals surface area contributed by atoms with Crippen molar-refractivity contribution in [3.8, 4) is 5.75 Å². The van der Waals surface area contributed by atoms with Crippen molar-refractivity contribution in [1.29, 1.82) is 0 Å². The van der Waals surface area contributed by atoms with E-state index in [1.807, 2.05) is 12.1 Å². The van der Waals surface area contributed by atoms with Crippen molar-refractivity contribution in [2.24, 2.45) is 0 Å². The monoisotopic (exact) mass is 150 g/mol. The van der Waals surface area contributed by atoms with Crippen molar-refractivity contribution < 1.29 is 9.78 Å². The Kier molecular flexibility index (Phi) is 1.55. The Hall–Kier alpha value is -1.02. The van der Waals surface area contributed by atoms with Crippen LogP contribution in [0.4, 0.5) is 0 Å². The highest BCUT2D eigenvalue weighted by Gasteiger charge is 2.10. The van der Waals surface area contributed by atoms with E-state index in [0.29, 0.717) is 6.61 Å². The molecule has 1 aromatic rings. The molecule has 0 saturated carbocycles. The van der Waals surface area contributed by atoms with E-state index in [1.54, 1.807) is 0 Å². The molecule has 2 nitrogen and oxygen atoms in total. The van der Waals surface area contributed by atoms with Gasteiger partial charge in [-0.05, 0) is 13.0 Å². The Morgan fingerprint density at radius 3 is 3.18 bits per heavy atom. The van der Waals surface area contributed by atoms with Gasteiger partial charge in [-0.25, -0.2) is 0 Å². The molecule has 1 aromatic carbocycles. The summed E-state index contributed by atoms with van der Waals surface area (Å²) in [5.41, 5.74) is 2.52. The molecule has 0 aromatic heterocycles. The zero-order valence-electron chi connectivity index (χ0n) is 6.46. The molecule has 0 saturated heterocycles. The molecule has 2 heteroatoms. The Labute approximate surface area is 65.7 Å². The molecular weight excluding hydrogens is 140 g/mol. The van der Waals surface area contributed by atoms with E-state index in [-0.39, 0.29) is 0 Å². The van der Waals surface area contributed by atoms with Crippen LogP contribution in [0.15, 0.2) is 18.2 Å². The van der Waals surface area contributed by atoms with Gasteiger partial charge in [0.25, 0.3) is 0 Å². The van der Waals surface area contributed by atoms with Gasteiger partial charge in [-0.2, -0.15) is 4.89 Å². The molecule has 0 amide bonds. The number of hydrogen-bond donors (Lipinski definition) is 0. The summed E-state index contributed by atoms with van der Waals surface area (Å²) in [5.74, 6) is 0.863. The summed E-state index contributed by atoms with van der Waals surface area (Å²) >= 11 is 0. The Balaban J connectivity index is 2.43. The van der Waals surface area contributed by atoms with E-state index >= 15 is 0 Å². The quantitative estimate of drug-likeness (QED) is 0.525. The lowest BCUT2D eigenvalue weighted by molar-refractivity contribution is -0.215. The largest absolute Gasteiger partial charge is 0.337 e. The maximum atomic E-state index is 4.98. The molecule has 58 valence electrons. The van der Waals surface area contributed by atoms with Gasteiger partial charge in [-0.3, -0.25) is 0 Å². The second-order valence-corrected chi connectivity index (χ2v) is 2.77. The SMILES string of the molecule is Cc1ccc2c(c1)CCOO2. The first-order valence-electron chi connectivity index (χ1n) is 3.75. The maximum Gasteiger partial charge on any atom is 0.168 e. The van der Waals surface area contributed by atoms with Gasteiger partial charge in [-0.15, -0.1) is 0 Å². The number of hydrogen-bond acceptors (Lipinski definition) is 2. The van der Waals surface area contributed by atoms with E-state index in [0.717, 1.165) is 12.2 Å². The summed E-state index contributed by atoms with van der Waals surface area (Å²) in [6.45, 7) is 2.74. The smallest absolute Gasteiger partial charge is 0.168 e. The van der Waals surface area contributed by atoms with Crippen molar-refractivity contribution in [3.05, 3.63) is 29.3 Å². The molecule has 0 spiro atoms. The highest BCUT2D eigenvalue weighted by molar-refractivity contribution is 5.37. The fourth-order valence-electron chi connectivity index (χ4n) is 1.24. The summed E-state index contributed by atoms with van der Waals surface area (Å²) in [6, 6.07) is 6.11.